The fraction of sp³-hybridized carbons (Fsp3) is 0.286. The fourth-order valence-corrected chi connectivity index (χ4v) is 2.39. The van der Waals surface area contributed by atoms with Gasteiger partial charge >= 0.3 is 5.97 Å². The number of aromatic nitrogens is 3. The summed E-state index contributed by atoms with van der Waals surface area (Å²) < 4.78 is 6.90. The number of carbonyl (C=O) groups excluding carboxylic acids is 1. The van der Waals surface area contributed by atoms with Gasteiger partial charge in [0.25, 0.3) is 5.91 Å². The zero-order valence-corrected chi connectivity index (χ0v) is 12.1. The van der Waals surface area contributed by atoms with E-state index in [1.165, 1.54) is 9.58 Å². The third-order valence-electron chi connectivity index (χ3n) is 3.58. The van der Waals surface area contributed by atoms with Gasteiger partial charge in [-0.2, -0.15) is 0 Å². The summed E-state index contributed by atoms with van der Waals surface area (Å²) >= 11 is 0. The van der Waals surface area contributed by atoms with Gasteiger partial charge in [0.1, 0.15) is 5.75 Å². The number of amides is 1. The van der Waals surface area contributed by atoms with Crippen molar-refractivity contribution >= 4 is 17.6 Å². The molecular formula is C14H14N4O4. The van der Waals surface area contributed by atoms with Crippen molar-refractivity contribution in [1.82, 2.24) is 15.0 Å². The lowest BCUT2D eigenvalue weighted by Crippen LogP contribution is -2.35. The summed E-state index contributed by atoms with van der Waals surface area (Å²) in [6.45, 7) is 1.81. The van der Waals surface area contributed by atoms with Crippen LogP contribution in [0.3, 0.4) is 0 Å². The van der Waals surface area contributed by atoms with Crippen LogP contribution in [-0.2, 0) is 11.2 Å². The Morgan fingerprint density at radius 1 is 1.45 bits per heavy atom. The van der Waals surface area contributed by atoms with Gasteiger partial charge in [-0.25, -0.2) is 9.48 Å². The largest absolute Gasteiger partial charge is 0.481 e. The van der Waals surface area contributed by atoms with Crippen LogP contribution in [0.2, 0.25) is 0 Å². The maximum Gasteiger partial charge on any atom is 0.358 e. The topological polar surface area (TPSA) is 97.5 Å². The predicted molar refractivity (Wildman–Crippen MR) is 76.6 cm³/mol. The molecule has 0 spiro atoms. The standard InChI is InChI=1S/C14H14N4O4/c1-3-9-13(14(20)21)15-16-18(9)8-4-5-10-11(6-8)22-7-12(19)17(10)2/h4-6H,3,7H2,1-2H3,(H,20,21). The van der Waals surface area contributed by atoms with E-state index in [0.717, 1.165) is 0 Å². The van der Waals surface area contributed by atoms with Crippen LogP contribution in [0.1, 0.15) is 23.1 Å². The molecule has 1 amide bonds. The van der Waals surface area contributed by atoms with Crippen LogP contribution >= 0.6 is 0 Å². The molecule has 0 saturated heterocycles. The van der Waals surface area contributed by atoms with Crippen LogP contribution in [0.25, 0.3) is 5.69 Å². The van der Waals surface area contributed by atoms with Gasteiger partial charge in [0.15, 0.2) is 12.3 Å². The van der Waals surface area contributed by atoms with Crippen molar-refractivity contribution in [2.45, 2.75) is 13.3 Å². The van der Waals surface area contributed by atoms with Gasteiger partial charge in [0, 0.05) is 13.1 Å². The average molecular weight is 302 g/mol. The highest BCUT2D eigenvalue weighted by Gasteiger charge is 2.24. The molecule has 1 aliphatic heterocycles. The van der Waals surface area contributed by atoms with Crippen LogP contribution in [0.4, 0.5) is 5.69 Å². The van der Waals surface area contributed by atoms with E-state index in [4.69, 9.17) is 9.84 Å². The first kappa shape index (κ1) is 14.1. The number of ether oxygens (including phenoxy) is 1. The Morgan fingerprint density at radius 3 is 2.91 bits per heavy atom. The van der Waals surface area contributed by atoms with Gasteiger partial charge in [0.2, 0.25) is 0 Å². The molecule has 0 bridgehead atoms. The molecule has 1 N–H and O–H groups in total. The van der Waals surface area contributed by atoms with Gasteiger partial charge < -0.3 is 14.7 Å². The quantitative estimate of drug-likeness (QED) is 0.904. The number of fused-ring (bicyclic) bond motifs is 1. The van der Waals surface area contributed by atoms with E-state index in [1.807, 2.05) is 6.92 Å². The van der Waals surface area contributed by atoms with Crippen molar-refractivity contribution in [1.29, 1.82) is 0 Å². The van der Waals surface area contributed by atoms with E-state index >= 15 is 0 Å². The molecule has 0 unspecified atom stereocenters. The van der Waals surface area contributed by atoms with E-state index in [2.05, 4.69) is 10.3 Å². The smallest absolute Gasteiger partial charge is 0.358 e. The molecular weight excluding hydrogens is 288 g/mol. The Labute approximate surface area is 125 Å². The number of carboxylic acid groups (broad SMARTS) is 1. The highest BCUT2D eigenvalue weighted by molar-refractivity contribution is 5.97. The molecule has 1 aromatic carbocycles. The molecule has 0 aliphatic carbocycles. The molecule has 8 heteroatoms. The van der Waals surface area contributed by atoms with Crippen molar-refractivity contribution in [3.8, 4) is 11.4 Å². The van der Waals surface area contributed by atoms with Gasteiger partial charge in [0.05, 0.1) is 17.1 Å². The van der Waals surface area contributed by atoms with Gasteiger partial charge in [-0.05, 0) is 18.6 Å². The lowest BCUT2D eigenvalue weighted by atomic mass is 10.2. The Balaban J connectivity index is 2.07. The summed E-state index contributed by atoms with van der Waals surface area (Å²) in [6, 6.07) is 5.21. The summed E-state index contributed by atoms with van der Waals surface area (Å²) in [5.41, 5.74) is 1.75. The number of aromatic carboxylic acids is 1. The minimum Gasteiger partial charge on any atom is -0.481 e. The number of benzene rings is 1. The Kier molecular flexibility index (Phi) is 3.28. The maximum atomic E-state index is 11.6. The molecule has 2 heterocycles. The van der Waals surface area contributed by atoms with E-state index in [0.29, 0.717) is 29.2 Å². The average Bonchev–Trinajstić information content (AvgIpc) is 2.94. The second-order valence-corrected chi connectivity index (χ2v) is 4.85. The van der Waals surface area contributed by atoms with Crippen molar-refractivity contribution in [2.24, 2.45) is 0 Å². The Bertz CT molecular complexity index is 768. The van der Waals surface area contributed by atoms with E-state index in [9.17, 15) is 9.59 Å². The predicted octanol–water partition coefficient (Wildman–Crippen LogP) is 0.883. The number of anilines is 1. The monoisotopic (exact) mass is 302 g/mol. The summed E-state index contributed by atoms with van der Waals surface area (Å²) in [4.78, 5) is 24.3. The lowest BCUT2D eigenvalue weighted by molar-refractivity contribution is -0.120. The molecule has 2 aromatic rings. The van der Waals surface area contributed by atoms with Crippen LogP contribution in [0.5, 0.6) is 5.75 Å². The van der Waals surface area contributed by atoms with Crippen molar-refractivity contribution in [3.63, 3.8) is 0 Å². The minimum absolute atomic E-state index is 0.0225. The molecule has 22 heavy (non-hydrogen) atoms. The number of rotatable bonds is 3. The summed E-state index contributed by atoms with van der Waals surface area (Å²) in [5, 5.41) is 16.7. The zero-order chi connectivity index (χ0) is 15.9. The molecule has 0 atom stereocenters. The molecule has 3 rings (SSSR count). The van der Waals surface area contributed by atoms with Crippen molar-refractivity contribution in [2.75, 3.05) is 18.6 Å². The third kappa shape index (κ3) is 2.09. The van der Waals surface area contributed by atoms with Crippen molar-refractivity contribution in [3.05, 3.63) is 29.6 Å². The SMILES string of the molecule is CCc1c(C(=O)O)nnn1-c1ccc2c(c1)OCC(=O)N2C. The number of hydrogen-bond donors (Lipinski definition) is 1. The third-order valence-corrected chi connectivity index (χ3v) is 3.58. The Morgan fingerprint density at radius 2 is 2.23 bits per heavy atom. The first-order valence-electron chi connectivity index (χ1n) is 6.74. The Hall–Kier alpha value is -2.90. The zero-order valence-electron chi connectivity index (χ0n) is 12.1. The number of hydrogen-bond acceptors (Lipinski definition) is 5. The van der Waals surface area contributed by atoms with E-state index < -0.39 is 5.97 Å². The molecule has 8 nitrogen and oxygen atoms in total. The second-order valence-electron chi connectivity index (χ2n) is 4.85. The number of carboxylic acids is 1. The maximum absolute atomic E-state index is 11.6. The summed E-state index contributed by atoms with van der Waals surface area (Å²) in [6.07, 6.45) is 0.477. The highest BCUT2D eigenvalue weighted by atomic mass is 16.5. The number of nitrogens with zero attached hydrogens (tertiary/aromatic N) is 4. The van der Waals surface area contributed by atoms with Gasteiger partial charge in [-0.15, -0.1) is 5.10 Å². The number of likely N-dealkylation sites (N-methyl/N-ethyl adjacent to an activating group) is 1. The normalized spacial score (nSPS) is 13.7. The first-order chi connectivity index (χ1) is 10.5. The van der Waals surface area contributed by atoms with Crippen LogP contribution in [-0.4, -0.2) is 45.6 Å². The van der Waals surface area contributed by atoms with Gasteiger partial charge in [-0.1, -0.05) is 12.1 Å². The summed E-state index contributed by atoms with van der Waals surface area (Å²) in [7, 11) is 1.68. The second kappa shape index (κ2) is 5.14. The van der Waals surface area contributed by atoms with Crippen LogP contribution in [0.15, 0.2) is 18.2 Å². The van der Waals surface area contributed by atoms with E-state index in [1.54, 1.807) is 25.2 Å². The molecule has 1 aliphatic rings. The van der Waals surface area contributed by atoms with Crippen molar-refractivity contribution < 1.29 is 19.4 Å². The molecule has 0 fully saturated rings. The lowest BCUT2D eigenvalue weighted by Gasteiger charge is -2.26. The molecule has 114 valence electrons. The van der Waals surface area contributed by atoms with Gasteiger partial charge in [-0.3, -0.25) is 4.79 Å². The highest BCUT2D eigenvalue weighted by Crippen LogP contribution is 2.33. The van der Waals surface area contributed by atoms with Crippen LogP contribution < -0.4 is 9.64 Å². The summed E-state index contributed by atoms with van der Waals surface area (Å²) in [5.74, 6) is -0.680. The van der Waals surface area contributed by atoms with Crippen LogP contribution in [0, 0.1) is 0 Å². The fourth-order valence-electron chi connectivity index (χ4n) is 2.39. The first-order valence-corrected chi connectivity index (χ1v) is 6.74. The van der Waals surface area contributed by atoms with E-state index in [-0.39, 0.29) is 18.2 Å². The number of carbonyl (C=O) groups is 2. The molecule has 1 aromatic heterocycles. The minimum atomic E-state index is -1.11. The molecule has 0 saturated carbocycles. The molecule has 0 radical (unpaired) electrons.